The molecule has 0 aliphatic carbocycles. The van der Waals surface area contributed by atoms with Crippen LogP contribution in [0.2, 0.25) is 0 Å². The van der Waals surface area contributed by atoms with Gasteiger partial charge in [0.05, 0.1) is 23.5 Å². The van der Waals surface area contributed by atoms with Crippen molar-refractivity contribution in [3.05, 3.63) is 41.7 Å². The Hall–Kier alpha value is -2.25. The van der Waals surface area contributed by atoms with Gasteiger partial charge in [-0.2, -0.15) is 0 Å². The number of hydrogen-bond donors (Lipinski definition) is 2. The number of piperazine rings is 1. The highest BCUT2D eigenvalue weighted by atomic mass is 16.1. The monoisotopic (exact) mass is 328 g/mol. The predicted molar refractivity (Wildman–Crippen MR) is 92.1 cm³/mol. The number of aromatic nitrogens is 3. The lowest BCUT2D eigenvalue weighted by atomic mass is 10.2. The van der Waals surface area contributed by atoms with Crippen LogP contribution in [0.25, 0.3) is 5.69 Å². The maximum atomic E-state index is 12.1. The van der Waals surface area contributed by atoms with E-state index in [0.29, 0.717) is 6.54 Å². The zero-order valence-corrected chi connectivity index (χ0v) is 14.0. The van der Waals surface area contributed by atoms with Gasteiger partial charge in [-0.15, -0.1) is 5.10 Å². The van der Waals surface area contributed by atoms with Crippen LogP contribution in [-0.2, 0) is 11.2 Å². The average molecular weight is 328 g/mol. The van der Waals surface area contributed by atoms with Crippen LogP contribution < -0.4 is 10.6 Å². The molecule has 0 unspecified atom stereocenters. The second-order valence-corrected chi connectivity index (χ2v) is 5.99. The number of rotatable bonds is 6. The molecule has 1 fully saturated rings. The Balaban J connectivity index is 1.50. The highest BCUT2D eigenvalue weighted by Gasteiger charge is 2.14. The lowest BCUT2D eigenvalue weighted by Crippen LogP contribution is -2.46. The lowest BCUT2D eigenvalue weighted by molar-refractivity contribution is -0.120. The van der Waals surface area contributed by atoms with E-state index in [-0.39, 0.29) is 12.3 Å². The van der Waals surface area contributed by atoms with Crippen LogP contribution in [0.15, 0.2) is 30.3 Å². The molecular weight excluding hydrogens is 304 g/mol. The predicted octanol–water partition coefficient (Wildman–Crippen LogP) is 0.140. The lowest BCUT2D eigenvalue weighted by Gasteiger charge is -2.27. The Bertz CT molecular complexity index is 663. The Morgan fingerprint density at radius 2 is 2.00 bits per heavy atom. The molecule has 7 nitrogen and oxygen atoms in total. The van der Waals surface area contributed by atoms with Crippen LogP contribution >= 0.6 is 0 Å². The van der Waals surface area contributed by atoms with Crippen LogP contribution in [0.1, 0.15) is 11.4 Å². The normalized spacial score (nSPS) is 15.4. The minimum atomic E-state index is -0.00616. The maximum Gasteiger partial charge on any atom is 0.226 e. The summed E-state index contributed by atoms with van der Waals surface area (Å²) >= 11 is 0. The van der Waals surface area contributed by atoms with Gasteiger partial charge in [0.25, 0.3) is 0 Å². The van der Waals surface area contributed by atoms with E-state index in [4.69, 9.17) is 0 Å². The topological polar surface area (TPSA) is 75.1 Å². The molecule has 2 N–H and O–H groups in total. The fourth-order valence-electron chi connectivity index (χ4n) is 2.84. The molecule has 1 aromatic heterocycles. The largest absolute Gasteiger partial charge is 0.354 e. The molecule has 1 aromatic carbocycles. The number of benzene rings is 1. The van der Waals surface area contributed by atoms with E-state index in [9.17, 15) is 4.79 Å². The number of para-hydroxylation sites is 1. The van der Waals surface area contributed by atoms with Crippen molar-refractivity contribution in [3.63, 3.8) is 0 Å². The fourth-order valence-corrected chi connectivity index (χ4v) is 2.84. The summed E-state index contributed by atoms with van der Waals surface area (Å²) < 4.78 is 1.77. The molecule has 0 bridgehead atoms. The van der Waals surface area contributed by atoms with Crippen LogP contribution in [0, 0.1) is 6.92 Å². The molecule has 7 heteroatoms. The Labute approximate surface area is 142 Å². The van der Waals surface area contributed by atoms with Gasteiger partial charge >= 0.3 is 0 Å². The van der Waals surface area contributed by atoms with Gasteiger partial charge < -0.3 is 10.6 Å². The number of hydrogen-bond acceptors (Lipinski definition) is 5. The molecule has 0 spiro atoms. The van der Waals surface area contributed by atoms with Crippen molar-refractivity contribution in [1.29, 1.82) is 0 Å². The van der Waals surface area contributed by atoms with Crippen LogP contribution in [0.5, 0.6) is 0 Å². The highest BCUT2D eigenvalue weighted by Crippen LogP contribution is 2.11. The number of nitrogens with zero attached hydrogens (tertiary/aromatic N) is 4. The first kappa shape index (κ1) is 16.6. The number of carbonyl (C=O) groups is 1. The van der Waals surface area contributed by atoms with E-state index in [1.807, 2.05) is 37.3 Å². The van der Waals surface area contributed by atoms with E-state index in [0.717, 1.165) is 49.8 Å². The first-order chi connectivity index (χ1) is 11.7. The SMILES string of the molecule is Cc1c(CC(=O)NCCN2CCNCC2)nnn1-c1ccccc1. The van der Waals surface area contributed by atoms with Gasteiger partial charge in [0.2, 0.25) is 5.91 Å². The third-order valence-corrected chi connectivity index (χ3v) is 4.28. The van der Waals surface area contributed by atoms with E-state index >= 15 is 0 Å². The fraction of sp³-hybridized carbons (Fsp3) is 0.471. The van der Waals surface area contributed by atoms with Crippen molar-refractivity contribution in [3.8, 4) is 5.69 Å². The smallest absolute Gasteiger partial charge is 0.226 e. The summed E-state index contributed by atoms with van der Waals surface area (Å²) in [6.45, 7) is 7.64. The van der Waals surface area contributed by atoms with Crippen molar-refractivity contribution in [1.82, 2.24) is 30.5 Å². The van der Waals surface area contributed by atoms with E-state index in [1.165, 1.54) is 0 Å². The Kier molecular flexibility index (Phi) is 5.55. The molecule has 2 heterocycles. The Morgan fingerprint density at radius 1 is 1.25 bits per heavy atom. The third kappa shape index (κ3) is 4.18. The van der Waals surface area contributed by atoms with Crippen molar-refractivity contribution in [2.75, 3.05) is 39.3 Å². The molecule has 128 valence electrons. The number of nitrogens with one attached hydrogen (secondary N) is 2. The van der Waals surface area contributed by atoms with Crippen LogP contribution in [0.3, 0.4) is 0 Å². The van der Waals surface area contributed by atoms with Gasteiger partial charge in [-0.1, -0.05) is 23.4 Å². The molecule has 0 radical (unpaired) electrons. The summed E-state index contributed by atoms with van der Waals surface area (Å²) in [7, 11) is 0. The second kappa shape index (κ2) is 8.03. The number of amides is 1. The molecule has 2 aromatic rings. The Morgan fingerprint density at radius 3 is 2.75 bits per heavy atom. The molecule has 0 atom stereocenters. The molecule has 1 aliphatic heterocycles. The molecule has 1 amide bonds. The minimum Gasteiger partial charge on any atom is -0.354 e. The summed E-state index contributed by atoms with van der Waals surface area (Å²) in [5, 5.41) is 14.6. The van der Waals surface area contributed by atoms with Gasteiger partial charge in [-0.05, 0) is 19.1 Å². The zero-order chi connectivity index (χ0) is 16.8. The summed E-state index contributed by atoms with van der Waals surface area (Å²) in [4.78, 5) is 14.5. The molecule has 1 saturated heterocycles. The van der Waals surface area contributed by atoms with Gasteiger partial charge in [0.1, 0.15) is 0 Å². The van der Waals surface area contributed by atoms with Gasteiger partial charge in [0, 0.05) is 39.3 Å². The van der Waals surface area contributed by atoms with Crippen molar-refractivity contribution >= 4 is 5.91 Å². The first-order valence-electron chi connectivity index (χ1n) is 8.40. The second-order valence-electron chi connectivity index (χ2n) is 5.99. The molecule has 3 rings (SSSR count). The minimum absolute atomic E-state index is 0.00616. The van der Waals surface area contributed by atoms with Gasteiger partial charge in [-0.25, -0.2) is 4.68 Å². The van der Waals surface area contributed by atoms with E-state index in [2.05, 4.69) is 25.8 Å². The van der Waals surface area contributed by atoms with Crippen LogP contribution in [0.4, 0.5) is 0 Å². The standard InChI is InChI=1S/C17H24N6O/c1-14-16(20-21-23(14)15-5-3-2-4-6-15)13-17(24)19-9-12-22-10-7-18-8-11-22/h2-6,18H,7-13H2,1H3,(H,19,24). The summed E-state index contributed by atoms with van der Waals surface area (Å²) in [6.07, 6.45) is 0.264. The summed E-state index contributed by atoms with van der Waals surface area (Å²) in [5.74, 6) is -0.00616. The summed E-state index contributed by atoms with van der Waals surface area (Å²) in [6, 6.07) is 9.82. The maximum absolute atomic E-state index is 12.1. The third-order valence-electron chi connectivity index (χ3n) is 4.28. The first-order valence-corrected chi connectivity index (χ1v) is 8.40. The quantitative estimate of drug-likeness (QED) is 0.789. The molecule has 1 aliphatic rings. The van der Waals surface area contributed by atoms with E-state index < -0.39 is 0 Å². The van der Waals surface area contributed by atoms with E-state index in [1.54, 1.807) is 4.68 Å². The molecule has 24 heavy (non-hydrogen) atoms. The van der Waals surface area contributed by atoms with Crippen LogP contribution in [-0.4, -0.2) is 65.1 Å². The highest BCUT2D eigenvalue weighted by molar-refractivity contribution is 5.78. The molecule has 0 saturated carbocycles. The summed E-state index contributed by atoms with van der Waals surface area (Å²) in [5.41, 5.74) is 2.57. The zero-order valence-electron chi connectivity index (χ0n) is 14.0. The van der Waals surface area contributed by atoms with Crippen molar-refractivity contribution in [2.24, 2.45) is 0 Å². The molecular formula is C17H24N6O. The number of carbonyl (C=O) groups excluding carboxylic acids is 1. The van der Waals surface area contributed by atoms with Gasteiger partial charge in [0.15, 0.2) is 0 Å². The van der Waals surface area contributed by atoms with Crippen molar-refractivity contribution in [2.45, 2.75) is 13.3 Å². The average Bonchev–Trinajstić information content (AvgIpc) is 2.97. The van der Waals surface area contributed by atoms with Crippen molar-refractivity contribution < 1.29 is 4.79 Å². The van der Waals surface area contributed by atoms with Gasteiger partial charge in [-0.3, -0.25) is 9.69 Å².